The van der Waals surface area contributed by atoms with Crippen LogP contribution >= 0.6 is 0 Å². The monoisotopic (exact) mass is 376 g/mol. The summed E-state index contributed by atoms with van der Waals surface area (Å²) >= 11 is 0. The van der Waals surface area contributed by atoms with Crippen LogP contribution in [0.4, 0.5) is 5.82 Å². The highest BCUT2D eigenvalue weighted by Crippen LogP contribution is 2.18. The van der Waals surface area contributed by atoms with Gasteiger partial charge in [0.05, 0.1) is 11.4 Å². The number of anilines is 1. The molecular formula is C22H24N4O2. The first-order valence-corrected chi connectivity index (χ1v) is 9.36. The summed E-state index contributed by atoms with van der Waals surface area (Å²) in [6.45, 7) is 4.25. The first-order chi connectivity index (χ1) is 13.6. The van der Waals surface area contributed by atoms with Crippen LogP contribution in [-0.2, 0) is 11.2 Å². The number of hydrogen-bond acceptors (Lipinski definition) is 3. The molecule has 0 saturated carbocycles. The number of rotatable bonds is 7. The summed E-state index contributed by atoms with van der Waals surface area (Å²) in [4.78, 5) is 24.1. The number of amides is 2. The van der Waals surface area contributed by atoms with Crippen molar-refractivity contribution in [2.75, 3.05) is 11.9 Å². The fraction of sp³-hybridized carbons (Fsp3) is 0.227. The van der Waals surface area contributed by atoms with Gasteiger partial charge in [-0.3, -0.25) is 9.59 Å². The maximum atomic E-state index is 12.3. The molecule has 3 rings (SSSR count). The number of nitrogens with zero attached hydrogens (tertiary/aromatic N) is 2. The van der Waals surface area contributed by atoms with Crippen molar-refractivity contribution in [1.29, 1.82) is 0 Å². The van der Waals surface area contributed by atoms with E-state index in [2.05, 4.69) is 15.7 Å². The van der Waals surface area contributed by atoms with Crippen LogP contribution in [0.3, 0.4) is 0 Å². The van der Waals surface area contributed by atoms with E-state index in [9.17, 15) is 9.59 Å². The first kappa shape index (κ1) is 19.4. The second-order valence-electron chi connectivity index (χ2n) is 6.52. The molecule has 144 valence electrons. The summed E-state index contributed by atoms with van der Waals surface area (Å²) in [5.41, 5.74) is 3.35. The highest BCUT2D eigenvalue weighted by Gasteiger charge is 2.11. The molecule has 0 fully saturated rings. The van der Waals surface area contributed by atoms with Gasteiger partial charge in [-0.2, -0.15) is 5.10 Å². The minimum Gasteiger partial charge on any atom is -0.352 e. The number of aromatic nitrogens is 2. The van der Waals surface area contributed by atoms with E-state index < -0.39 is 0 Å². The highest BCUT2D eigenvalue weighted by atomic mass is 16.2. The van der Waals surface area contributed by atoms with Gasteiger partial charge in [-0.25, -0.2) is 4.68 Å². The Bertz CT molecular complexity index is 946. The molecular weight excluding hydrogens is 352 g/mol. The van der Waals surface area contributed by atoms with Crippen molar-refractivity contribution in [1.82, 2.24) is 15.1 Å². The summed E-state index contributed by atoms with van der Waals surface area (Å²) in [5, 5.41) is 10.2. The lowest BCUT2D eigenvalue weighted by atomic mass is 10.1. The molecule has 0 bridgehead atoms. The van der Waals surface area contributed by atoms with Crippen molar-refractivity contribution < 1.29 is 9.59 Å². The van der Waals surface area contributed by atoms with Gasteiger partial charge in [-0.05, 0) is 43.2 Å². The van der Waals surface area contributed by atoms with Crippen LogP contribution in [-0.4, -0.2) is 28.1 Å². The molecule has 0 aliphatic heterocycles. The van der Waals surface area contributed by atoms with E-state index in [0.717, 1.165) is 17.8 Å². The van der Waals surface area contributed by atoms with Gasteiger partial charge in [0, 0.05) is 24.6 Å². The number of aryl methyl sites for hydroxylation is 1. The van der Waals surface area contributed by atoms with E-state index in [0.29, 0.717) is 24.3 Å². The van der Waals surface area contributed by atoms with Crippen LogP contribution < -0.4 is 10.6 Å². The van der Waals surface area contributed by atoms with E-state index in [4.69, 9.17) is 0 Å². The summed E-state index contributed by atoms with van der Waals surface area (Å²) in [7, 11) is 0. The van der Waals surface area contributed by atoms with E-state index in [1.165, 1.54) is 5.56 Å². The van der Waals surface area contributed by atoms with Crippen LogP contribution in [0.2, 0.25) is 0 Å². The number of nitrogens with one attached hydrogen (secondary N) is 2. The fourth-order valence-electron chi connectivity index (χ4n) is 2.84. The van der Waals surface area contributed by atoms with Gasteiger partial charge in [0.25, 0.3) is 5.91 Å². The molecule has 3 aromatic rings. The third-order valence-electron chi connectivity index (χ3n) is 4.34. The summed E-state index contributed by atoms with van der Waals surface area (Å²) in [5.74, 6) is 0.429. The summed E-state index contributed by atoms with van der Waals surface area (Å²) in [6.07, 6.45) is 1.18. The molecule has 0 saturated heterocycles. The lowest BCUT2D eigenvalue weighted by molar-refractivity contribution is -0.115. The molecule has 0 radical (unpaired) electrons. The lowest BCUT2D eigenvalue weighted by Gasteiger charge is -2.09. The maximum Gasteiger partial charge on any atom is 0.251 e. The molecule has 1 aromatic heterocycles. The van der Waals surface area contributed by atoms with Crippen molar-refractivity contribution in [2.45, 2.75) is 26.7 Å². The molecule has 2 N–H and O–H groups in total. The van der Waals surface area contributed by atoms with Crippen LogP contribution in [0.5, 0.6) is 0 Å². The standard InChI is InChI=1S/C22H24N4O2/c1-3-21(27)24-20-15-16(2)25-26(20)19-11-9-18(10-12-19)22(28)23-14-13-17-7-5-4-6-8-17/h4-12,15H,3,13-14H2,1-2H3,(H,23,28)(H,24,27). The second-order valence-corrected chi connectivity index (χ2v) is 6.52. The smallest absolute Gasteiger partial charge is 0.251 e. The minimum atomic E-state index is -0.112. The van der Waals surface area contributed by atoms with Crippen molar-refractivity contribution >= 4 is 17.6 Å². The van der Waals surface area contributed by atoms with E-state index in [-0.39, 0.29) is 11.8 Å². The molecule has 1 heterocycles. The number of benzene rings is 2. The van der Waals surface area contributed by atoms with Gasteiger partial charge in [0.15, 0.2) is 0 Å². The van der Waals surface area contributed by atoms with Crippen LogP contribution in [0.25, 0.3) is 5.69 Å². The Hall–Kier alpha value is -3.41. The molecule has 6 heteroatoms. The Labute approximate surface area is 164 Å². The van der Waals surface area contributed by atoms with E-state index >= 15 is 0 Å². The van der Waals surface area contributed by atoms with Crippen molar-refractivity contribution in [3.8, 4) is 5.69 Å². The number of hydrogen-bond donors (Lipinski definition) is 2. The van der Waals surface area contributed by atoms with Crippen molar-refractivity contribution in [2.24, 2.45) is 0 Å². The third-order valence-corrected chi connectivity index (χ3v) is 4.34. The predicted octanol–water partition coefficient (Wildman–Crippen LogP) is 3.50. The van der Waals surface area contributed by atoms with Gasteiger partial charge in [0.2, 0.25) is 5.91 Å². The molecule has 0 atom stereocenters. The maximum absolute atomic E-state index is 12.3. The lowest BCUT2D eigenvalue weighted by Crippen LogP contribution is -2.25. The Balaban J connectivity index is 1.65. The zero-order valence-corrected chi connectivity index (χ0v) is 16.1. The van der Waals surface area contributed by atoms with Gasteiger partial charge >= 0.3 is 0 Å². The zero-order valence-electron chi connectivity index (χ0n) is 16.1. The average Bonchev–Trinajstić information content (AvgIpc) is 3.08. The van der Waals surface area contributed by atoms with E-state index in [1.807, 2.05) is 55.5 Å². The number of carbonyl (C=O) groups is 2. The molecule has 28 heavy (non-hydrogen) atoms. The zero-order chi connectivity index (χ0) is 19.9. The van der Waals surface area contributed by atoms with Crippen molar-refractivity contribution in [3.63, 3.8) is 0 Å². The van der Waals surface area contributed by atoms with Crippen LogP contribution in [0.15, 0.2) is 60.7 Å². The highest BCUT2D eigenvalue weighted by molar-refractivity contribution is 5.94. The Kier molecular flexibility index (Phi) is 6.22. The van der Waals surface area contributed by atoms with Gasteiger partial charge in [0.1, 0.15) is 5.82 Å². The molecule has 0 spiro atoms. The third kappa shape index (κ3) is 4.85. The Morgan fingerprint density at radius 2 is 1.75 bits per heavy atom. The largest absolute Gasteiger partial charge is 0.352 e. The molecule has 6 nitrogen and oxygen atoms in total. The molecule has 0 unspecified atom stereocenters. The molecule has 0 aliphatic rings. The molecule has 2 amide bonds. The summed E-state index contributed by atoms with van der Waals surface area (Å²) in [6, 6.07) is 19.0. The van der Waals surface area contributed by atoms with Gasteiger partial charge in [-0.15, -0.1) is 0 Å². The predicted molar refractivity (Wildman–Crippen MR) is 110 cm³/mol. The van der Waals surface area contributed by atoms with Gasteiger partial charge in [-0.1, -0.05) is 37.3 Å². The summed E-state index contributed by atoms with van der Waals surface area (Å²) < 4.78 is 1.67. The minimum absolute atomic E-state index is 0.0736. The number of carbonyl (C=O) groups excluding carboxylic acids is 2. The molecule has 0 aliphatic carbocycles. The second kappa shape index (κ2) is 8.99. The van der Waals surface area contributed by atoms with Gasteiger partial charge < -0.3 is 10.6 Å². The SMILES string of the molecule is CCC(=O)Nc1cc(C)nn1-c1ccc(C(=O)NCCc2ccccc2)cc1. The van der Waals surface area contributed by atoms with Crippen LogP contribution in [0, 0.1) is 6.92 Å². The Morgan fingerprint density at radius 3 is 2.43 bits per heavy atom. The molecule has 2 aromatic carbocycles. The van der Waals surface area contributed by atoms with E-state index in [1.54, 1.807) is 23.7 Å². The van der Waals surface area contributed by atoms with Crippen molar-refractivity contribution in [3.05, 3.63) is 77.5 Å². The first-order valence-electron chi connectivity index (χ1n) is 9.36. The fourth-order valence-corrected chi connectivity index (χ4v) is 2.84. The normalized spacial score (nSPS) is 10.5. The average molecular weight is 376 g/mol. The topological polar surface area (TPSA) is 76.0 Å². The Morgan fingerprint density at radius 1 is 1.04 bits per heavy atom. The quantitative estimate of drug-likeness (QED) is 0.663. The van der Waals surface area contributed by atoms with Crippen LogP contribution in [0.1, 0.15) is 35.0 Å².